The van der Waals surface area contributed by atoms with Crippen LogP contribution in [0.4, 0.5) is 0 Å². The van der Waals surface area contributed by atoms with Gasteiger partial charge in [0.15, 0.2) is 11.5 Å². The Labute approximate surface area is 229 Å². The van der Waals surface area contributed by atoms with Crippen LogP contribution in [-0.2, 0) is 4.79 Å². The Morgan fingerprint density at radius 1 is 0.897 bits per heavy atom. The predicted octanol–water partition coefficient (Wildman–Crippen LogP) is 5.55. The topological polar surface area (TPSA) is 77.5 Å². The highest BCUT2D eigenvalue weighted by atomic mass is 16.7. The summed E-state index contributed by atoms with van der Waals surface area (Å²) in [5.74, 6) is 2.34. The number of rotatable bonds is 10. The molecule has 0 aliphatic carbocycles. The number of nitrogens with zero attached hydrogens (tertiary/aromatic N) is 1. The van der Waals surface area contributed by atoms with Crippen LogP contribution >= 0.6 is 0 Å². The van der Waals surface area contributed by atoms with Gasteiger partial charge in [0.25, 0.3) is 0 Å². The number of fused-ring (bicyclic) bond motifs is 1. The average molecular weight is 530 g/mol. The number of carbonyl (C=O) groups is 1. The number of ether oxygens (including phenoxy) is 4. The van der Waals surface area contributed by atoms with Crippen molar-refractivity contribution >= 4 is 17.1 Å². The van der Waals surface area contributed by atoms with Crippen LogP contribution in [0.3, 0.4) is 0 Å². The quantitative estimate of drug-likeness (QED) is 0.210. The summed E-state index contributed by atoms with van der Waals surface area (Å²) < 4.78 is 22.3. The number of carbonyl (C=O) groups excluding carboxylic acids is 1. The van der Waals surface area contributed by atoms with Crippen LogP contribution in [0.2, 0.25) is 0 Å². The fraction of sp³-hybridized carbons (Fsp3) is 0.344. The van der Waals surface area contributed by atoms with Crippen molar-refractivity contribution in [3.05, 3.63) is 83.4 Å². The van der Waals surface area contributed by atoms with Crippen LogP contribution in [0.15, 0.2) is 66.7 Å². The summed E-state index contributed by atoms with van der Waals surface area (Å²) in [5, 5.41) is 10.4. The number of allylic oxidation sites excluding steroid dienone is 1. The molecular formula is C32H35NO6. The van der Waals surface area contributed by atoms with E-state index in [1.807, 2.05) is 60.7 Å². The van der Waals surface area contributed by atoms with Gasteiger partial charge in [0.05, 0.1) is 0 Å². The molecular weight excluding hydrogens is 494 g/mol. The summed E-state index contributed by atoms with van der Waals surface area (Å²) in [5.41, 5.74) is 5.27. The number of esters is 1. The van der Waals surface area contributed by atoms with Crippen LogP contribution in [0.25, 0.3) is 11.1 Å². The third kappa shape index (κ3) is 6.61. The van der Waals surface area contributed by atoms with Crippen molar-refractivity contribution in [1.82, 2.24) is 4.90 Å². The van der Waals surface area contributed by atoms with Crippen LogP contribution < -0.4 is 18.9 Å². The van der Waals surface area contributed by atoms with Crippen LogP contribution in [0.5, 0.6) is 23.0 Å². The number of benzene rings is 3. The van der Waals surface area contributed by atoms with Gasteiger partial charge in [-0.3, -0.25) is 4.79 Å². The monoisotopic (exact) mass is 529 g/mol. The number of aliphatic hydroxyl groups excluding tert-OH is 1. The first-order valence-electron chi connectivity index (χ1n) is 13.6. The molecule has 1 atom stereocenters. The number of β-amino-alcohol motifs (C(OH)–C–C–N with tert-alkyl or cyclic N) is 1. The largest absolute Gasteiger partial charge is 0.491 e. The van der Waals surface area contributed by atoms with E-state index in [4.69, 9.17) is 18.9 Å². The molecule has 1 saturated heterocycles. The predicted molar refractivity (Wildman–Crippen MR) is 150 cm³/mol. The highest BCUT2D eigenvalue weighted by Crippen LogP contribution is 2.40. The Hall–Kier alpha value is -3.81. The molecule has 0 aromatic heterocycles. The zero-order valence-corrected chi connectivity index (χ0v) is 22.5. The van der Waals surface area contributed by atoms with Crippen molar-refractivity contribution in [2.24, 2.45) is 0 Å². The number of aliphatic hydroxyl groups is 1. The molecule has 0 spiro atoms. The van der Waals surface area contributed by atoms with Gasteiger partial charge in [-0.2, -0.15) is 0 Å². The lowest BCUT2D eigenvalue weighted by Gasteiger charge is -2.20. The lowest BCUT2D eigenvalue weighted by Crippen LogP contribution is -2.33. The van der Waals surface area contributed by atoms with Crippen molar-refractivity contribution in [3.8, 4) is 23.0 Å². The fourth-order valence-corrected chi connectivity index (χ4v) is 5.21. The number of likely N-dealkylation sites (tertiary alicyclic amines) is 1. The van der Waals surface area contributed by atoms with E-state index in [9.17, 15) is 9.90 Å². The average Bonchev–Trinajstić information content (AvgIpc) is 3.63. The minimum absolute atomic E-state index is 0.225. The van der Waals surface area contributed by atoms with E-state index in [1.165, 1.54) is 19.8 Å². The summed E-state index contributed by atoms with van der Waals surface area (Å²) in [4.78, 5) is 13.7. The Bertz CT molecular complexity index is 1310. The molecule has 1 fully saturated rings. The molecule has 2 aliphatic rings. The lowest BCUT2D eigenvalue weighted by atomic mass is 9.88. The first kappa shape index (κ1) is 26.8. The molecule has 3 aromatic rings. The maximum atomic E-state index is 11.4. The maximum Gasteiger partial charge on any atom is 0.308 e. The first-order valence-corrected chi connectivity index (χ1v) is 13.6. The number of hydrogen-bond acceptors (Lipinski definition) is 7. The van der Waals surface area contributed by atoms with E-state index in [-0.39, 0.29) is 19.4 Å². The molecule has 1 N–H and O–H groups in total. The normalized spacial score (nSPS) is 16.1. The second-order valence-electron chi connectivity index (χ2n) is 9.89. The maximum absolute atomic E-state index is 11.4. The molecule has 2 heterocycles. The molecule has 7 nitrogen and oxygen atoms in total. The summed E-state index contributed by atoms with van der Waals surface area (Å²) in [6, 6.07) is 21.5. The van der Waals surface area contributed by atoms with Crippen molar-refractivity contribution in [1.29, 1.82) is 0 Å². The molecule has 5 rings (SSSR count). The van der Waals surface area contributed by atoms with E-state index in [1.54, 1.807) is 0 Å². The summed E-state index contributed by atoms with van der Waals surface area (Å²) in [7, 11) is 0. The molecule has 7 heteroatoms. The third-order valence-corrected chi connectivity index (χ3v) is 7.03. The molecule has 39 heavy (non-hydrogen) atoms. The van der Waals surface area contributed by atoms with Crippen LogP contribution in [0, 0.1) is 0 Å². The summed E-state index contributed by atoms with van der Waals surface area (Å²) >= 11 is 0. The minimum atomic E-state index is -0.522. The van der Waals surface area contributed by atoms with Crippen LogP contribution in [-0.4, -0.2) is 55.1 Å². The highest BCUT2D eigenvalue weighted by Gasteiger charge is 2.19. The highest BCUT2D eigenvalue weighted by molar-refractivity contribution is 5.99. The Kier molecular flexibility index (Phi) is 8.49. The Morgan fingerprint density at radius 3 is 2.15 bits per heavy atom. The van der Waals surface area contributed by atoms with E-state index < -0.39 is 6.10 Å². The molecule has 0 amide bonds. The molecule has 3 aromatic carbocycles. The van der Waals surface area contributed by atoms with Gasteiger partial charge in [-0.1, -0.05) is 37.3 Å². The molecule has 0 bridgehead atoms. The van der Waals surface area contributed by atoms with E-state index in [0.717, 1.165) is 58.8 Å². The van der Waals surface area contributed by atoms with Crippen molar-refractivity contribution in [2.75, 3.05) is 33.0 Å². The summed E-state index contributed by atoms with van der Waals surface area (Å²) in [6.07, 6.45) is 2.65. The molecule has 2 aliphatic heterocycles. The Morgan fingerprint density at radius 2 is 1.51 bits per heavy atom. The third-order valence-electron chi connectivity index (χ3n) is 7.03. The van der Waals surface area contributed by atoms with Gasteiger partial charge < -0.3 is 29.0 Å². The Balaban J connectivity index is 1.43. The van der Waals surface area contributed by atoms with Gasteiger partial charge in [0, 0.05) is 13.5 Å². The smallest absolute Gasteiger partial charge is 0.308 e. The van der Waals surface area contributed by atoms with Gasteiger partial charge >= 0.3 is 5.97 Å². The molecule has 1 unspecified atom stereocenters. The van der Waals surface area contributed by atoms with Crippen molar-refractivity contribution in [2.45, 2.75) is 39.2 Å². The van der Waals surface area contributed by atoms with Gasteiger partial charge in [0.1, 0.15) is 24.2 Å². The summed E-state index contributed by atoms with van der Waals surface area (Å²) in [6.45, 7) is 6.74. The fourth-order valence-electron chi connectivity index (χ4n) is 5.21. The molecule has 0 saturated carbocycles. The second-order valence-corrected chi connectivity index (χ2v) is 9.89. The van der Waals surface area contributed by atoms with E-state index >= 15 is 0 Å². The molecule has 204 valence electrons. The minimum Gasteiger partial charge on any atom is -0.491 e. The van der Waals surface area contributed by atoms with Crippen LogP contribution in [0.1, 0.15) is 49.8 Å². The van der Waals surface area contributed by atoms with Gasteiger partial charge in [0.2, 0.25) is 6.79 Å². The second kappa shape index (κ2) is 12.4. The zero-order chi connectivity index (χ0) is 27.2. The first-order chi connectivity index (χ1) is 19.0. The van der Waals surface area contributed by atoms with E-state index in [0.29, 0.717) is 18.0 Å². The standard InChI is InChI=1S/C32H35NO6/c1-3-29(25-10-15-30-31(18-25)38-21-37-30)32(24-8-13-28(14-9-24)39-22(2)34)23-6-11-27(12-7-23)36-20-26(35)19-33-16-4-5-17-33/h6-15,18,26,35H,3-5,16-17,19-21H2,1-2H3. The van der Waals surface area contributed by atoms with E-state index in [2.05, 4.69) is 17.9 Å². The SMILES string of the molecule is CCC(=C(c1ccc(OCC(O)CN2CCCC2)cc1)c1ccc(OC(C)=O)cc1)c1ccc2c(c1)OCO2. The van der Waals surface area contributed by atoms with Crippen molar-refractivity contribution in [3.63, 3.8) is 0 Å². The van der Waals surface area contributed by atoms with Gasteiger partial charge in [-0.25, -0.2) is 0 Å². The van der Waals surface area contributed by atoms with Gasteiger partial charge in [-0.15, -0.1) is 0 Å². The zero-order valence-electron chi connectivity index (χ0n) is 22.5. The van der Waals surface area contributed by atoms with Gasteiger partial charge in [-0.05, 0) is 96.6 Å². The molecule has 0 radical (unpaired) electrons. The van der Waals surface area contributed by atoms with Crippen molar-refractivity contribution < 1.29 is 28.8 Å². The lowest BCUT2D eigenvalue weighted by molar-refractivity contribution is -0.131. The number of hydrogen-bond donors (Lipinski definition) is 1.